The van der Waals surface area contributed by atoms with Crippen LogP contribution in [0.1, 0.15) is 66.2 Å². The van der Waals surface area contributed by atoms with Crippen LogP contribution < -0.4 is 5.73 Å². The Morgan fingerprint density at radius 3 is 2.73 bits per heavy atom. The molecule has 22 heavy (non-hydrogen) atoms. The van der Waals surface area contributed by atoms with Crippen LogP contribution in [-0.4, -0.2) is 25.0 Å². The second-order valence-corrected chi connectivity index (χ2v) is 7.00. The van der Waals surface area contributed by atoms with Crippen LogP contribution in [0, 0.1) is 23.7 Å². The first-order valence-electron chi connectivity index (χ1n) is 8.91. The first kappa shape index (κ1) is 19.0. The lowest BCUT2D eigenvalue weighted by molar-refractivity contribution is -0.143. The largest absolute Gasteiger partial charge is 0.466 e. The van der Waals surface area contributed by atoms with Gasteiger partial charge in [0.25, 0.3) is 0 Å². The number of nitrogens with zero attached hydrogens (tertiary/aromatic N) is 1. The second-order valence-electron chi connectivity index (χ2n) is 7.00. The fraction of sp³-hybridized carbons (Fsp3) is 0.889. The van der Waals surface area contributed by atoms with Gasteiger partial charge in [-0.3, -0.25) is 9.79 Å². The molecule has 0 aromatic rings. The van der Waals surface area contributed by atoms with Crippen molar-refractivity contribution in [2.45, 2.75) is 66.2 Å². The molecular weight excluding hydrogens is 276 g/mol. The van der Waals surface area contributed by atoms with Crippen LogP contribution in [0.15, 0.2) is 4.99 Å². The first-order chi connectivity index (χ1) is 10.5. The molecule has 0 aromatic heterocycles. The molecule has 3 atom stereocenters. The maximum absolute atomic E-state index is 11.3. The number of ether oxygens (including phenoxy) is 1. The highest BCUT2D eigenvalue weighted by Gasteiger charge is 2.31. The minimum atomic E-state index is -0.139. The van der Waals surface area contributed by atoms with E-state index in [-0.39, 0.29) is 5.97 Å². The highest BCUT2D eigenvalue weighted by atomic mass is 16.5. The average molecular weight is 310 g/mol. The Hall–Kier alpha value is -1.06. The van der Waals surface area contributed by atoms with Crippen molar-refractivity contribution in [2.75, 3.05) is 13.2 Å². The van der Waals surface area contributed by atoms with E-state index in [9.17, 15) is 4.79 Å². The SMILES string of the molecule is CCOC(=O)CCCN=C(N)[C@@H]1C[C@H](C)CCC[C@H]1C(C)C. The molecule has 0 heterocycles. The number of rotatable bonds is 7. The summed E-state index contributed by atoms with van der Waals surface area (Å²) in [4.78, 5) is 15.9. The summed E-state index contributed by atoms with van der Waals surface area (Å²) in [5, 5.41) is 0. The Balaban J connectivity index is 2.56. The lowest BCUT2D eigenvalue weighted by Crippen LogP contribution is -2.33. The van der Waals surface area contributed by atoms with Crippen molar-refractivity contribution < 1.29 is 9.53 Å². The minimum absolute atomic E-state index is 0.139. The molecular formula is C18H34N2O2. The van der Waals surface area contributed by atoms with Crippen LogP contribution in [0.2, 0.25) is 0 Å². The third-order valence-corrected chi connectivity index (χ3v) is 4.78. The van der Waals surface area contributed by atoms with Gasteiger partial charge in [0.2, 0.25) is 0 Å². The smallest absolute Gasteiger partial charge is 0.305 e. The Kier molecular flexibility index (Phi) is 8.51. The number of carbonyl (C=O) groups is 1. The van der Waals surface area contributed by atoms with E-state index in [2.05, 4.69) is 25.8 Å². The summed E-state index contributed by atoms with van der Waals surface area (Å²) >= 11 is 0. The van der Waals surface area contributed by atoms with Gasteiger partial charge in [-0.1, -0.05) is 33.6 Å². The molecule has 4 heteroatoms. The standard InChI is InChI=1S/C18H34N2O2/c1-5-22-17(21)10-7-11-20-18(19)16-12-14(4)8-6-9-15(16)13(2)3/h13-16H,5-12H2,1-4H3,(H2,19,20)/t14-,15+,16-/m1/s1. The van der Waals surface area contributed by atoms with Gasteiger partial charge in [0.15, 0.2) is 0 Å². The summed E-state index contributed by atoms with van der Waals surface area (Å²) in [6.45, 7) is 9.81. The molecule has 0 bridgehead atoms. The van der Waals surface area contributed by atoms with Crippen molar-refractivity contribution in [3.05, 3.63) is 0 Å². The predicted molar refractivity (Wildman–Crippen MR) is 91.8 cm³/mol. The lowest BCUT2D eigenvalue weighted by atomic mass is 9.78. The molecule has 0 amide bonds. The zero-order valence-electron chi connectivity index (χ0n) is 14.8. The van der Waals surface area contributed by atoms with Crippen LogP contribution in [0.4, 0.5) is 0 Å². The fourth-order valence-electron chi connectivity index (χ4n) is 3.55. The highest BCUT2D eigenvalue weighted by molar-refractivity contribution is 5.83. The van der Waals surface area contributed by atoms with Crippen molar-refractivity contribution in [2.24, 2.45) is 34.4 Å². The fourth-order valence-corrected chi connectivity index (χ4v) is 3.55. The molecule has 1 rings (SSSR count). The Morgan fingerprint density at radius 2 is 2.09 bits per heavy atom. The zero-order chi connectivity index (χ0) is 16.5. The molecule has 1 saturated carbocycles. The van der Waals surface area contributed by atoms with E-state index in [1.165, 1.54) is 19.3 Å². The number of nitrogens with two attached hydrogens (primary N) is 1. The molecule has 1 aliphatic carbocycles. The number of esters is 1. The first-order valence-corrected chi connectivity index (χ1v) is 8.91. The third-order valence-electron chi connectivity index (χ3n) is 4.78. The monoisotopic (exact) mass is 310 g/mol. The summed E-state index contributed by atoms with van der Waals surface area (Å²) < 4.78 is 4.93. The molecule has 0 spiro atoms. The van der Waals surface area contributed by atoms with Gasteiger partial charge in [-0.05, 0) is 43.9 Å². The minimum Gasteiger partial charge on any atom is -0.466 e. The average Bonchev–Trinajstić information content (AvgIpc) is 2.65. The molecule has 0 aliphatic heterocycles. The predicted octanol–water partition coefficient (Wildman–Crippen LogP) is 3.79. The molecule has 1 aliphatic rings. The quantitative estimate of drug-likeness (QED) is 0.256. The maximum atomic E-state index is 11.3. The van der Waals surface area contributed by atoms with Crippen molar-refractivity contribution in [3.63, 3.8) is 0 Å². The Bertz CT molecular complexity index is 366. The number of aliphatic imine (C=N–C) groups is 1. The van der Waals surface area contributed by atoms with Crippen molar-refractivity contribution in [3.8, 4) is 0 Å². The van der Waals surface area contributed by atoms with E-state index in [4.69, 9.17) is 10.5 Å². The summed E-state index contributed by atoms with van der Waals surface area (Å²) in [6, 6.07) is 0. The number of carbonyl (C=O) groups excluding carboxylic acids is 1. The molecule has 4 nitrogen and oxygen atoms in total. The zero-order valence-corrected chi connectivity index (χ0v) is 14.8. The Labute approximate surface area is 135 Å². The van der Waals surface area contributed by atoms with Crippen molar-refractivity contribution in [1.29, 1.82) is 0 Å². The van der Waals surface area contributed by atoms with Crippen LogP contribution >= 0.6 is 0 Å². The summed E-state index contributed by atoms with van der Waals surface area (Å²) in [5.74, 6) is 3.07. The topological polar surface area (TPSA) is 64.7 Å². The van der Waals surface area contributed by atoms with Gasteiger partial charge in [0, 0.05) is 18.9 Å². The van der Waals surface area contributed by atoms with Crippen LogP contribution in [0.5, 0.6) is 0 Å². The highest BCUT2D eigenvalue weighted by Crippen LogP contribution is 2.36. The molecule has 0 unspecified atom stereocenters. The van der Waals surface area contributed by atoms with E-state index in [1.807, 2.05) is 6.92 Å². The molecule has 128 valence electrons. The van der Waals surface area contributed by atoms with Crippen LogP contribution in [0.25, 0.3) is 0 Å². The Morgan fingerprint density at radius 1 is 1.36 bits per heavy atom. The number of hydrogen-bond donors (Lipinski definition) is 1. The van der Waals surface area contributed by atoms with Crippen molar-refractivity contribution in [1.82, 2.24) is 0 Å². The molecule has 1 fully saturated rings. The summed E-state index contributed by atoms with van der Waals surface area (Å²) in [7, 11) is 0. The van der Waals surface area contributed by atoms with Gasteiger partial charge in [-0.15, -0.1) is 0 Å². The second kappa shape index (κ2) is 9.86. The normalized spacial score (nSPS) is 26.8. The summed E-state index contributed by atoms with van der Waals surface area (Å²) in [5.41, 5.74) is 6.32. The van der Waals surface area contributed by atoms with Gasteiger partial charge in [-0.2, -0.15) is 0 Å². The van der Waals surface area contributed by atoms with Gasteiger partial charge in [0.05, 0.1) is 12.4 Å². The number of hydrogen-bond acceptors (Lipinski definition) is 3. The molecule has 2 N–H and O–H groups in total. The van der Waals surface area contributed by atoms with Gasteiger partial charge < -0.3 is 10.5 Å². The third kappa shape index (κ3) is 6.37. The van der Waals surface area contributed by atoms with E-state index in [0.717, 1.165) is 18.2 Å². The van der Waals surface area contributed by atoms with E-state index < -0.39 is 0 Å². The van der Waals surface area contributed by atoms with Crippen molar-refractivity contribution >= 4 is 11.8 Å². The molecule has 0 radical (unpaired) electrons. The van der Waals surface area contributed by atoms with Gasteiger partial charge in [0.1, 0.15) is 0 Å². The number of amidine groups is 1. The lowest BCUT2D eigenvalue weighted by Gasteiger charge is -2.29. The molecule has 0 aromatic carbocycles. The van der Waals surface area contributed by atoms with E-state index in [1.54, 1.807) is 0 Å². The van der Waals surface area contributed by atoms with E-state index in [0.29, 0.717) is 43.7 Å². The maximum Gasteiger partial charge on any atom is 0.305 e. The summed E-state index contributed by atoms with van der Waals surface area (Å²) in [6.07, 6.45) is 6.15. The molecule has 0 saturated heterocycles. The van der Waals surface area contributed by atoms with Crippen LogP contribution in [-0.2, 0) is 9.53 Å². The van der Waals surface area contributed by atoms with Gasteiger partial charge >= 0.3 is 5.97 Å². The van der Waals surface area contributed by atoms with Crippen LogP contribution in [0.3, 0.4) is 0 Å². The van der Waals surface area contributed by atoms with E-state index >= 15 is 0 Å². The van der Waals surface area contributed by atoms with Gasteiger partial charge in [-0.25, -0.2) is 0 Å².